The first-order chi connectivity index (χ1) is 14.7. The van der Waals surface area contributed by atoms with Crippen LogP contribution in [-0.4, -0.2) is 41.9 Å². The number of benzene rings is 2. The lowest BCUT2D eigenvalue weighted by atomic mass is 10.2. The molecule has 1 heterocycles. The molecule has 1 fully saturated rings. The number of anilines is 2. The van der Waals surface area contributed by atoms with Crippen LogP contribution < -0.4 is 9.80 Å². The van der Waals surface area contributed by atoms with Crippen molar-refractivity contribution in [3.8, 4) is 6.07 Å². The Morgan fingerprint density at radius 1 is 1.23 bits per heavy atom. The number of carbonyl (C=O) groups is 3. The van der Waals surface area contributed by atoms with E-state index in [4.69, 9.17) is 16.9 Å². The van der Waals surface area contributed by atoms with E-state index in [0.717, 1.165) is 10.5 Å². The molecule has 31 heavy (non-hydrogen) atoms. The minimum absolute atomic E-state index is 0.0768. The number of nitrogens with zero attached hydrogens (tertiary/aromatic N) is 4. The van der Waals surface area contributed by atoms with Gasteiger partial charge in [-0.1, -0.05) is 11.6 Å². The summed E-state index contributed by atoms with van der Waals surface area (Å²) in [4.78, 5) is 42.2. The molecule has 0 spiro atoms. The highest BCUT2D eigenvalue weighted by atomic mass is 35.5. The summed E-state index contributed by atoms with van der Waals surface area (Å²) in [5.41, 5.74) is 1.62. The molecule has 0 saturated carbocycles. The number of imide groups is 1. The Labute approximate surface area is 184 Å². The first kappa shape index (κ1) is 22.2. The monoisotopic (exact) mass is 442 g/mol. The Kier molecular flexibility index (Phi) is 6.56. The fourth-order valence-electron chi connectivity index (χ4n) is 3.38. The highest BCUT2D eigenvalue weighted by Crippen LogP contribution is 2.27. The van der Waals surface area contributed by atoms with Crippen LogP contribution in [0.1, 0.15) is 18.9 Å². The molecule has 0 bridgehead atoms. The number of carbonyl (C=O) groups excluding carboxylic acids is 3. The third kappa shape index (κ3) is 4.52. The molecular formula is C22H20ClFN4O3. The van der Waals surface area contributed by atoms with Gasteiger partial charge in [0, 0.05) is 22.9 Å². The number of rotatable bonds is 6. The van der Waals surface area contributed by atoms with Gasteiger partial charge in [0.15, 0.2) is 0 Å². The fourth-order valence-corrected chi connectivity index (χ4v) is 3.50. The van der Waals surface area contributed by atoms with Crippen LogP contribution in [-0.2, 0) is 9.59 Å². The highest BCUT2D eigenvalue weighted by molar-refractivity contribution is 6.31. The molecular weight excluding hydrogens is 423 g/mol. The molecule has 2 aromatic carbocycles. The topological polar surface area (TPSA) is 84.7 Å². The van der Waals surface area contributed by atoms with Gasteiger partial charge in [-0.25, -0.2) is 9.18 Å². The zero-order valence-electron chi connectivity index (χ0n) is 17.0. The van der Waals surface area contributed by atoms with E-state index in [1.54, 1.807) is 32.0 Å². The Balaban J connectivity index is 1.84. The van der Waals surface area contributed by atoms with Crippen LogP contribution in [0, 0.1) is 24.1 Å². The first-order valence-electron chi connectivity index (χ1n) is 9.58. The smallest absolute Gasteiger partial charge is 0.310 e. The molecule has 160 valence electrons. The zero-order valence-corrected chi connectivity index (χ0v) is 17.8. The summed E-state index contributed by atoms with van der Waals surface area (Å²) in [6.07, 6.45) is 0.0768. The van der Waals surface area contributed by atoms with Crippen molar-refractivity contribution < 1.29 is 18.8 Å². The SMILES string of the molecule is Cc1cc(N(CCC#N)C(=O)CN2C(=O)C(C)N(c3ccc(F)cc3)C2=O)ccc1Cl. The molecule has 1 saturated heterocycles. The Bertz CT molecular complexity index is 1070. The number of halogens is 2. The molecule has 3 rings (SSSR count). The van der Waals surface area contributed by atoms with E-state index >= 15 is 0 Å². The molecule has 1 aliphatic heterocycles. The maximum atomic E-state index is 13.2. The second-order valence-corrected chi connectivity index (χ2v) is 7.52. The minimum Gasteiger partial charge on any atom is -0.310 e. The molecule has 7 nitrogen and oxygen atoms in total. The van der Waals surface area contributed by atoms with E-state index < -0.39 is 36.2 Å². The number of hydrogen-bond acceptors (Lipinski definition) is 4. The second kappa shape index (κ2) is 9.14. The standard InChI is InChI=1S/C22H20ClFN4O3/c1-14-12-18(8-9-19(14)23)26(11-3-10-25)20(29)13-27-21(30)15(2)28(22(27)31)17-6-4-16(24)5-7-17/h4-9,12,15H,3,11,13H2,1-2H3. The van der Waals surface area contributed by atoms with Gasteiger partial charge in [-0.3, -0.25) is 19.4 Å². The van der Waals surface area contributed by atoms with Gasteiger partial charge in [-0.05, 0) is 61.9 Å². The van der Waals surface area contributed by atoms with E-state index in [9.17, 15) is 18.8 Å². The van der Waals surface area contributed by atoms with Crippen LogP contribution in [0.25, 0.3) is 0 Å². The number of urea groups is 1. The van der Waals surface area contributed by atoms with Crippen LogP contribution in [0.2, 0.25) is 5.02 Å². The van der Waals surface area contributed by atoms with E-state index in [1.165, 1.54) is 34.1 Å². The number of nitriles is 1. The van der Waals surface area contributed by atoms with Gasteiger partial charge in [0.1, 0.15) is 18.4 Å². The summed E-state index contributed by atoms with van der Waals surface area (Å²) in [6, 6.07) is 10.7. The van der Waals surface area contributed by atoms with Crippen molar-refractivity contribution in [1.82, 2.24) is 4.90 Å². The first-order valence-corrected chi connectivity index (χ1v) is 9.96. The Morgan fingerprint density at radius 3 is 2.52 bits per heavy atom. The van der Waals surface area contributed by atoms with Crippen molar-refractivity contribution in [2.45, 2.75) is 26.3 Å². The predicted molar refractivity (Wildman–Crippen MR) is 114 cm³/mol. The van der Waals surface area contributed by atoms with Crippen molar-refractivity contribution >= 4 is 40.8 Å². The van der Waals surface area contributed by atoms with Crippen molar-refractivity contribution in [2.75, 3.05) is 22.9 Å². The molecule has 9 heteroatoms. The Hall–Kier alpha value is -3.44. The van der Waals surface area contributed by atoms with Gasteiger partial charge in [0.05, 0.1) is 12.5 Å². The van der Waals surface area contributed by atoms with E-state index in [-0.39, 0.29) is 13.0 Å². The summed E-state index contributed by atoms with van der Waals surface area (Å²) in [5.74, 6) is -1.50. The quantitative estimate of drug-likeness (QED) is 0.635. The van der Waals surface area contributed by atoms with Gasteiger partial charge in [-0.2, -0.15) is 5.26 Å². The van der Waals surface area contributed by atoms with Crippen molar-refractivity contribution in [3.63, 3.8) is 0 Å². The molecule has 1 atom stereocenters. The number of hydrogen-bond donors (Lipinski definition) is 0. The van der Waals surface area contributed by atoms with Crippen LogP contribution in [0.15, 0.2) is 42.5 Å². The molecule has 0 aromatic heterocycles. The van der Waals surface area contributed by atoms with Crippen LogP contribution >= 0.6 is 11.6 Å². The van der Waals surface area contributed by atoms with E-state index in [1.807, 2.05) is 6.07 Å². The second-order valence-electron chi connectivity index (χ2n) is 7.12. The van der Waals surface area contributed by atoms with Gasteiger partial charge >= 0.3 is 6.03 Å². The summed E-state index contributed by atoms with van der Waals surface area (Å²) in [6.45, 7) is 2.95. The van der Waals surface area contributed by atoms with Crippen LogP contribution in [0.3, 0.4) is 0 Å². The van der Waals surface area contributed by atoms with Gasteiger partial charge in [-0.15, -0.1) is 0 Å². The third-order valence-electron chi connectivity index (χ3n) is 5.05. The molecule has 1 unspecified atom stereocenters. The largest absolute Gasteiger partial charge is 0.332 e. The normalized spacial score (nSPS) is 15.9. The summed E-state index contributed by atoms with van der Waals surface area (Å²) >= 11 is 6.06. The third-order valence-corrected chi connectivity index (χ3v) is 5.47. The van der Waals surface area contributed by atoms with Crippen molar-refractivity contribution in [1.29, 1.82) is 5.26 Å². The maximum Gasteiger partial charge on any atom is 0.332 e. The average Bonchev–Trinajstić information content (AvgIpc) is 2.95. The van der Waals surface area contributed by atoms with E-state index in [0.29, 0.717) is 16.4 Å². The Morgan fingerprint density at radius 2 is 1.90 bits per heavy atom. The number of amides is 4. The van der Waals surface area contributed by atoms with Crippen molar-refractivity contribution in [3.05, 3.63) is 58.9 Å². The summed E-state index contributed by atoms with van der Waals surface area (Å²) in [7, 11) is 0. The predicted octanol–water partition coefficient (Wildman–Crippen LogP) is 3.89. The molecule has 1 aliphatic rings. The number of aryl methyl sites for hydroxylation is 1. The minimum atomic E-state index is -0.837. The highest BCUT2D eigenvalue weighted by Gasteiger charge is 2.44. The molecule has 0 N–H and O–H groups in total. The maximum absolute atomic E-state index is 13.2. The summed E-state index contributed by atoms with van der Waals surface area (Å²) < 4.78 is 13.2. The van der Waals surface area contributed by atoms with Gasteiger partial charge in [0.2, 0.25) is 5.91 Å². The fraction of sp³-hybridized carbons (Fsp3) is 0.273. The zero-order chi connectivity index (χ0) is 22.7. The van der Waals surface area contributed by atoms with Crippen LogP contribution in [0.4, 0.5) is 20.6 Å². The van der Waals surface area contributed by atoms with Gasteiger partial charge < -0.3 is 4.90 Å². The molecule has 0 aliphatic carbocycles. The molecule has 2 aromatic rings. The van der Waals surface area contributed by atoms with Crippen molar-refractivity contribution in [2.24, 2.45) is 0 Å². The van der Waals surface area contributed by atoms with Crippen LogP contribution in [0.5, 0.6) is 0 Å². The molecule has 0 radical (unpaired) electrons. The van der Waals surface area contributed by atoms with E-state index in [2.05, 4.69) is 0 Å². The lowest BCUT2D eigenvalue weighted by Gasteiger charge is -2.25. The summed E-state index contributed by atoms with van der Waals surface area (Å²) in [5, 5.41) is 9.50. The lowest BCUT2D eigenvalue weighted by molar-refractivity contribution is -0.131. The average molecular weight is 443 g/mol. The lowest BCUT2D eigenvalue weighted by Crippen LogP contribution is -2.44. The molecule has 4 amide bonds. The van der Waals surface area contributed by atoms with Gasteiger partial charge in [0.25, 0.3) is 5.91 Å².